The summed E-state index contributed by atoms with van der Waals surface area (Å²) >= 11 is 0. The highest BCUT2D eigenvalue weighted by Crippen LogP contribution is 2.32. The molecule has 2 heterocycles. The molecule has 0 atom stereocenters. The summed E-state index contributed by atoms with van der Waals surface area (Å²) in [6, 6.07) is 4.88. The molecule has 0 fully saturated rings. The number of sulfonamides is 2. The molecule has 156 valence electrons. The third kappa shape index (κ3) is 3.81. The Labute approximate surface area is 170 Å². The normalized spacial score (nSPS) is 11.7. The minimum absolute atomic E-state index is 0.194. The van der Waals surface area contributed by atoms with Crippen molar-refractivity contribution >= 4 is 31.7 Å². The predicted octanol–water partition coefficient (Wildman–Crippen LogP) is 0.776. The maximum Gasteiger partial charge on any atom is 0.340 e. The first kappa shape index (κ1) is 21.2. The molecule has 30 heavy (non-hydrogen) atoms. The summed E-state index contributed by atoms with van der Waals surface area (Å²) < 4.78 is 71.3. The molecule has 14 heteroatoms. The molecule has 0 radical (unpaired) electrons. The first-order chi connectivity index (χ1) is 14.2. The number of hydrogen-bond donors (Lipinski definition) is 0. The number of esters is 1. The van der Waals surface area contributed by atoms with Crippen molar-refractivity contribution in [3.8, 4) is 0 Å². The molecule has 0 amide bonds. The zero-order valence-electron chi connectivity index (χ0n) is 15.1. The van der Waals surface area contributed by atoms with Crippen molar-refractivity contribution in [2.75, 3.05) is 10.8 Å². The minimum atomic E-state index is -5.07. The summed E-state index contributed by atoms with van der Waals surface area (Å²) in [7, 11) is -9.15. The zero-order chi connectivity index (χ0) is 21.9. The van der Waals surface area contributed by atoms with E-state index in [2.05, 4.69) is 24.7 Å². The van der Waals surface area contributed by atoms with E-state index < -0.39 is 53.4 Å². The third-order valence-electron chi connectivity index (χ3n) is 3.54. The van der Waals surface area contributed by atoms with E-state index in [-0.39, 0.29) is 3.71 Å². The fraction of sp³-hybridized carbons (Fsp3) is 0.0625. The van der Waals surface area contributed by atoms with Crippen LogP contribution in [0.15, 0.2) is 65.4 Å². The van der Waals surface area contributed by atoms with Gasteiger partial charge >= 0.3 is 26.0 Å². The van der Waals surface area contributed by atoms with E-state index >= 15 is 0 Å². The lowest BCUT2D eigenvalue weighted by molar-refractivity contribution is 0.0602. The average molecular weight is 453 g/mol. The lowest BCUT2D eigenvalue weighted by Gasteiger charge is -2.23. The first-order valence-electron chi connectivity index (χ1n) is 7.92. The number of halogens is 1. The van der Waals surface area contributed by atoms with Gasteiger partial charge in [-0.1, -0.05) is 0 Å². The quantitative estimate of drug-likeness (QED) is 0.387. The fourth-order valence-corrected chi connectivity index (χ4v) is 5.64. The third-order valence-corrected chi connectivity index (χ3v) is 7.33. The van der Waals surface area contributed by atoms with Crippen molar-refractivity contribution in [2.45, 2.75) is 10.3 Å². The smallest absolute Gasteiger partial charge is 0.340 e. The number of nitrogens with zero attached hydrogens (tertiary/aromatic N) is 5. The SMILES string of the molecule is COC(=O)c1ccc(F)cc1N(S(=O)(=O)c1ncccn1)S(=O)(=O)c1ncccn1. The van der Waals surface area contributed by atoms with E-state index in [9.17, 15) is 26.0 Å². The summed E-state index contributed by atoms with van der Waals surface area (Å²) in [5.74, 6) is -2.13. The molecule has 3 aromatic rings. The van der Waals surface area contributed by atoms with E-state index in [1.807, 2.05) is 0 Å². The van der Waals surface area contributed by atoms with E-state index in [1.54, 1.807) is 0 Å². The van der Waals surface area contributed by atoms with Crippen LogP contribution in [0.3, 0.4) is 0 Å². The molecule has 0 aliphatic rings. The summed E-state index contributed by atoms with van der Waals surface area (Å²) in [6.45, 7) is 0. The maximum atomic E-state index is 14.0. The molecule has 0 spiro atoms. The number of aromatic nitrogens is 4. The van der Waals surface area contributed by atoms with E-state index in [4.69, 9.17) is 0 Å². The van der Waals surface area contributed by atoms with Gasteiger partial charge in [-0.05, 0) is 24.3 Å². The number of methoxy groups -OCH3 is 1. The van der Waals surface area contributed by atoms with Crippen LogP contribution in [0, 0.1) is 5.82 Å². The Morgan fingerprint density at radius 3 is 1.80 bits per heavy atom. The second-order valence-corrected chi connectivity index (χ2v) is 9.02. The highest BCUT2D eigenvalue weighted by Gasteiger charge is 2.42. The van der Waals surface area contributed by atoms with Gasteiger partial charge in [0.05, 0.1) is 18.4 Å². The van der Waals surface area contributed by atoms with Gasteiger partial charge in [-0.25, -0.2) is 29.1 Å². The van der Waals surface area contributed by atoms with Crippen LogP contribution in [-0.2, 0) is 24.8 Å². The predicted molar refractivity (Wildman–Crippen MR) is 98.7 cm³/mol. The Morgan fingerprint density at radius 2 is 1.37 bits per heavy atom. The van der Waals surface area contributed by atoms with Crippen LogP contribution in [-0.4, -0.2) is 49.9 Å². The van der Waals surface area contributed by atoms with Gasteiger partial charge in [0, 0.05) is 30.9 Å². The summed E-state index contributed by atoms with van der Waals surface area (Å²) in [5.41, 5.74) is -1.39. The van der Waals surface area contributed by atoms with Gasteiger partial charge in [0.2, 0.25) is 0 Å². The number of rotatable bonds is 6. The Kier molecular flexibility index (Phi) is 5.71. The van der Waals surface area contributed by atoms with Crippen LogP contribution in [0.25, 0.3) is 0 Å². The highest BCUT2D eigenvalue weighted by atomic mass is 32.3. The standard InChI is InChI=1S/C16H12FN5O6S2/c1-28-14(23)12-5-4-11(17)10-13(12)22(29(24,25)15-18-6-2-7-19-15)30(26,27)16-20-8-3-9-21-16/h2-10H,1H3. The molecule has 0 aliphatic carbocycles. The molecular formula is C16H12FN5O6S2. The lowest BCUT2D eigenvalue weighted by atomic mass is 10.2. The summed E-state index contributed by atoms with van der Waals surface area (Å²) in [5, 5.41) is -1.82. The number of benzene rings is 1. The number of carbonyl (C=O) groups excluding carboxylic acids is 1. The molecule has 0 saturated heterocycles. The largest absolute Gasteiger partial charge is 0.465 e. The molecule has 3 rings (SSSR count). The number of anilines is 1. The van der Waals surface area contributed by atoms with Gasteiger partial charge in [-0.3, -0.25) is 0 Å². The fourth-order valence-electron chi connectivity index (χ4n) is 2.31. The second-order valence-electron chi connectivity index (χ2n) is 5.42. The maximum absolute atomic E-state index is 14.0. The molecule has 0 bridgehead atoms. The molecule has 0 saturated carbocycles. The van der Waals surface area contributed by atoms with E-state index in [0.717, 1.165) is 44.0 Å². The molecule has 2 aromatic heterocycles. The Balaban J connectivity index is 2.39. The van der Waals surface area contributed by atoms with Gasteiger partial charge in [0.1, 0.15) is 5.82 Å². The van der Waals surface area contributed by atoms with Gasteiger partial charge in [-0.2, -0.15) is 16.8 Å². The zero-order valence-corrected chi connectivity index (χ0v) is 16.7. The first-order valence-corrected chi connectivity index (χ1v) is 10.8. The van der Waals surface area contributed by atoms with Gasteiger partial charge in [-0.15, -0.1) is 3.71 Å². The number of carbonyl (C=O) groups is 1. The van der Waals surface area contributed by atoms with Gasteiger partial charge in [0.25, 0.3) is 10.3 Å². The molecule has 11 nitrogen and oxygen atoms in total. The van der Waals surface area contributed by atoms with Crippen molar-refractivity contribution < 1.29 is 30.8 Å². The van der Waals surface area contributed by atoms with Crippen molar-refractivity contribution in [1.29, 1.82) is 0 Å². The monoisotopic (exact) mass is 453 g/mol. The van der Waals surface area contributed by atoms with Crippen LogP contribution in [0.1, 0.15) is 10.4 Å². The van der Waals surface area contributed by atoms with Crippen LogP contribution in [0.2, 0.25) is 0 Å². The van der Waals surface area contributed by atoms with Crippen LogP contribution in [0.4, 0.5) is 10.1 Å². The van der Waals surface area contributed by atoms with Crippen LogP contribution < -0.4 is 3.71 Å². The minimum Gasteiger partial charge on any atom is -0.465 e. The topological polar surface area (TPSA) is 149 Å². The summed E-state index contributed by atoms with van der Waals surface area (Å²) in [6.07, 6.45) is 4.26. The molecule has 1 aromatic carbocycles. The van der Waals surface area contributed by atoms with Crippen molar-refractivity contribution in [3.63, 3.8) is 0 Å². The van der Waals surface area contributed by atoms with Gasteiger partial charge < -0.3 is 4.74 Å². The average Bonchev–Trinajstić information content (AvgIpc) is 2.74. The van der Waals surface area contributed by atoms with Gasteiger partial charge in [0.15, 0.2) is 0 Å². The van der Waals surface area contributed by atoms with E-state index in [0.29, 0.717) is 6.07 Å². The molecular weight excluding hydrogens is 441 g/mol. The molecule has 0 N–H and O–H groups in total. The Bertz CT molecular complexity index is 1220. The second kappa shape index (κ2) is 8.08. The summed E-state index contributed by atoms with van der Waals surface area (Å²) in [4.78, 5) is 26.4. The van der Waals surface area contributed by atoms with Crippen molar-refractivity contribution in [2.24, 2.45) is 0 Å². The molecule has 0 unspecified atom stereocenters. The number of hydrogen-bond acceptors (Lipinski definition) is 10. The van der Waals surface area contributed by atoms with Crippen LogP contribution >= 0.6 is 0 Å². The van der Waals surface area contributed by atoms with Crippen molar-refractivity contribution in [3.05, 3.63) is 66.5 Å². The lowest BCUT2D eigenvalue weighted by Crippen LogP contribution is -2.39. The number of ether oxygens (including phenoxy) is 1. The molecule has 0 aliphatic heterocycles. The Hall–Kier alpha value is -3.52. The Morgan fingerprint density at radius 1 is 0.900 bits per heavy atom. The van der Waals surface area contributed by atoms with Crippen molar-refractivity contribution in [1.82, 2.24) is 19.9 Å². The van der Waals surface area contributed by atoms with E-state index in [1.165, 1.54) is 12.1 Å². The highest BCUT2D eigenvalue weighted by molar-refractivity contribution is 8.10. The van der Waals surface area contributed by atoms with Crippen LogP contribution in [0.5, 0.6) is 0 Å².